The lowest BCUT2D eigenvalue weighted by Gasteiger charge is -2.27. The molecule has 0 bridgehead atoms. The van der Waals surface area contributed by atoms with Crippen molar-refractivity contribution >= 4 is 17.3 Å². The number of rotatable bonds is 8. The van der Waals surface area contributed by atoms with Crippen molar-refractivity contribution in [2.24, 2.45) is 0 Å². The van der Waals surface area contributed by atoms with Crippen LogP contribution in [0.25, 0.3) is 11.3 Å². The lowest BCUT2D eigenvalue weighted by atomic mass is 10.0. The van der Waals surface area contributed by atoms with Crippen molar-refractivity contribution in [2.75, 3.05) is 32.0 Å². The van der Waals surface area contributed by atoms with Gasteiger partial charge in [0.05, 0.1) is 11.3 Å². The zero-order valence-electron chi connectivity index (χ0n) is 21.5. The van der Waals surface area contributed by atoms with Crippen LogP contribution >= 0.6 is 0 Å². The van der Waals surface area contributed by atoms with Gasteiger partial charge in [-0.3, -0.25) is 14.7 Å². The highest BCUT2D eigenvalue weighted by molar-refractivity contribution is 6.01. The summed E-state index contributed by atoms with van der Waals surface area (Å²) in [4.78, 5) is 21.7. The molecule has 1 atom stereocenters. The quantitative estimate of drug-likeness (QED) is 0.396. The van der Waals surface area contributed by atoms with E-state index in [4.69, 9.17) is 10.1 Å². The number of benzene rings is 2. The smallest absolute Gasteiger partial charge is 0.257 e. The minimum Gasteiger partial charge on any atom is -0.457 e. The Morgan fingerprint density at radius 1 is 1.22 bits per heavy atom. The van der Waals surface area contributed by atoms with Gasteiger partial charge in [0.2, 0.25) is 0 Å². The van der Waals surface area contributed by atoms with Gasteiger partial charge in [-0.25, -0.2) is 4.39 Å². The number of fused-ring (bicyclic) bond motifs is 1. The van der Waals surface area contributed by atoms with Gasteiger partial charge in [-0.05, 0) is 68.8 Å². The topological polar surface area (TPSA) is 81.6 Å². The molecule has 2 aliphatic rings. The third kappa shape index (κ3) is 4.93. The zero-order valence-corrected chi connectivity index (χ0v) is 21.5. The van der Waals surface area contributed by atoms with Gasteiger partial charge in [0.25, 0.3) is 5.91 Å². The predicted octanol–water partition coefficient (Wildman–Crippen LogP) is 5.55. The van der Waals surface area contributed by atoms with Gasteiger partial charge in [-0.2, -0.15) is 0 Å². The van der Waals surface area contributed by atoms with Crippen molar-refractivity contribution < 1.29 is 13.9 Å². The van der Waals surface area contributed by atoms with Crippen LogP contribution in [0.1, 0.15) is 48.2 Å². The highest BCUT2D eigenvalue weighted by atomic mass is 19.1. The number of ether oxygens (including phenoxy) is 1. The molecule has 1 amide bonds. The van der Waals surface area contributed by atoms with E-state index < -0.39 is 5.82 Å². The molecule has 0 radical (unpaired) electrons. The molecule has 8 heteroatoms. The van der Waals surface area contributed by atoms with Gasteiger partial charge in [-0.1, -0.05) is 6.92 Å². The summed E-state index contributed by atoms with van der Waals surface area (Å²) in [5, 5.41) is 11.0. The van der Waals surface area contributed by atoms with Crippen molar-refractivity contribution in [3.8, 4) is 22.8 Å². The van der Waals surface area contributed by atoms with E-state index in [0.717, 1.165) is 37.2 Å². The van der Waals surface area contributed by atoms with Crippen molar-refractivity contribution in [2.45, 2.75) is 39.3 Å². The Balaban J connectivity index is 1.37. The van der Waals surface area contributed by atoms with Crippen LogP contribution in [0.3, 0.4) is 0 Å². The van der Waals surface area contributed by atoms with Gasteiger partial charge in [0.15, 0.2) is 0 Å². The van der Waals surface area contributed by atoms with E-state index in [1.54, 1.807) is 37.2 Å². The van der Waals surface area contributed by atoms with Crippen molar-refractivity contribution in [1.82, 2.24) is 14.8 Å². The highest BCUT2D eigenvalue weighted by Crippen LogP contribution is 2.34. The van der Waals surface area contributed by atoms with E-state index in [9.17, 15) is 4.79 Å². The average Bonchev–Trinajstić information content (AvgIpc) is 3.47. The second-order valence-corrected chi connectivity index (χ2v) is 9.66. The van der Waals surface area contributed by atoms with E-state index in [0.29, 0.717) is 53.2 Å². The molecular weight excluding hydrogens is 469 g/mol. The molecule has 1 saturated heterocycles. The molecule has 0 aliphatic carbocycles. The molecule has 2 aliphatic heterocycles. The normalized spacial score (nSPS) is 17.2. The number of hydrogen-bond donors (Lipinski definition) is 2. The number of aromatic nitrogens is 1. The van der Waals surface area contributed by atoms with Crippen LogP contribution in [-0.4, -0.2) is 59.1 Å². The van der Waals surface area contributed by atoms with Gasteiger partial charge in [-0.15, -0.1) is 0 Å². The molecule has 0 unspecified atom stereocenters. The van der Waals surface area contributed by atoms with Gasteiger partial charge >= 0.3 is 0 Å². The summed E-state index contributed by atoms with van der Waals surface area (Å²) in [6.45, 7) is 6.94. The van der Waals surface area contributed by atoms with Crippen LogP contribution in [0.2, 0.25) is 0 Å². The Kier molecular flexibility index (Phi) is 6.93. The van der Waals surface area contributed by atoms with Crippen LogP contribution in [0, 0.1) is 11.2 Å². The highest BCUT2D eigenvalue weighted by Gasteiger charge is 2.34. The number of carbonyl (C=O) groups excluding carboxylic acids is 1. The lowest BCUT2D eigenvalue weighted by Crippen LogP contribution is -2.40. The standard InChI is InChI=1S/C29H32FN5O2/c1-4-34-11-5-6-21(34)17-35-16-20-12-19(13-25(30)28(20)29(35)36)26-14-23(9-10-33-26)37-22-7-8-24(18(2)31)27(15-22)32-3/h7-10,12-15,21,31-32H,4-6,11,16-17H2,1-3H3/t21-/m0/s1. The van der Waals surface area contributed by atoms with E-state index >= 15 is 4.39 Å². The largest absolute Gasteiger partial charge is 0.457 e. The monoisotopic (exact) mass is 501 g/mol. The maximum Gasteiger partial charge on any atom is 0.257 e. The van der Waals surface area contributed by atoms with Gasteiger partial charge in [0.1, 0.15) is 17.3 Å². The third-order valence-corrected chi connectivity index (χ3v) is 7.30. The van der Waals surface area contributed by atoms with Crippen LogP contribution in [0.4, 0.5) is 10.1 Å². The van der Waals surface area contributed by atoms with E-state index in [1.807, 2.05) is 24.3 Å². The van der Waals surface area contributed by atoms with Gasteiger partial charge < -0.3 is 20.4 Å². The summed E-state index contributed by atoms with van der Waals surface area (Å²) in [5.41, 5.74) is 4.12. The molecule has 7 nitrogen and oxygen atoms in total. The lowest BCUT2D eigenvalue weighted by molar-refractivity contribution is 0.0728. The summed E-state index contributed by atoms with van der Waals surface area (Å²) in [5.74, 6) is 0.436. The van der Waals surface area contributed by atoms with E-state index in [1.165, 1.54) is 6.07 Å². The van der Waals surface area contributed by atoms with Crippen molar-refractivity contribution in [3.05, 3.63) is 71.2 Å². The molecule has 2 N–H and O–H groups in total. The fourth-order valence-electron chi connectivity index (χ4n) is 5.42. The Morgan fingerprint density at radius 3 is 2.78 bits per heavy atom. The number of nitrogens with one attached hydrogen (secondary N) is 2. The van der Waals surface area contributed by atoms with Crippen LogP contribution in [0.5, 0.6) is 11.5 Å². The van der Waals surface area contributed by atoms with Crippen LogP contribution in [-0.2, 0) is 6.54 Å². The second-order valence-electron chi connectivity index (χ2n) is 9.66. The van der Waals surface area contributed by atoms with Crippen molar-refractivity contribution in [3.63, 3.8) is 0 Å². The summed E-state index contributed by atoms with van der Waals surface area (Å²) in [6.07, 6.45) is 3.83. The van der Waals surface area contributed by atoms with E-state index in [2.05, 4.69) is 22.1 Å². The number of likely N-dealkylation sites (N-methyl/N-ethyl adjacent to an activating group) is 1. The number of carbonyl (C=O) groups is 1. The minimum atomic E-state index is -0.511. The second kappa shape index (κ2) is 10.3. The minimum absolute atomic E-state index is 0.179. The summed E-state index contributed by atoms with van der Waals surface area (Å²) >= 11 is 0. The number of likely N-dealkylation sites (tertiary alicyclic amines) is 1. The molecule has 192 valence electrons. The summed E-state index contributed by atoms with van der Waals surface area (Å²) in [6, 6.07) is 12.6. The zero-order chi connectivity index (χ0) is 26.1. The SMILES string of the molecule is CCN1CCC[C@H]1CN1Cc2cc(-c3cc(Oc4ccc(C(C)=N)c(NC)c4)ccn3)cc(F)c2C1=O. The van der Waals surface area contributed by atoms with Crippen LogP contribution < -0.4 is 10.1 Å². The van der Waals surface area contributed by atoms with Crippen LogP contribution in [0.15, 0.2) is 48.7 Å². The average molecular weight is 502 g/mol. The molecule has 0 spiro atoms. The number of nitrogens with zero attached hydrogens (tertiary/aromatic N) is 3. The number of halogens is 1. The molecule has 2 aromatic carbocycles. The number of pyridine rings is 1. The molecule has 0 saturated carbocycles. The fourth-order valence-corrected chi connectivity index (χ4v) is 5.42. The summed E-state index contributed by atoms with van der Waals surface area (Å²) < 4.78 is 21.3. The maximum absolute atomic E-state index is 15.2. The number of amides is 1. The summed E-state index contributed by atoms with van der Waals surface area (Å²) in [7, 11) is 1.80. The molecule has 37 heavy (non-hydrogen) atoms. The van der Waals surface area contributed by atoms with E-state index in [-0.39, 0.29) is 11.5 Å². The number of hydrogen-bond acceptors (Lipinski definition) is 6. The third-order valence-electron chi connectivity index (χ3n) is 7.30. The number of anilines is 1. The Bertz CT molecular complexity index is 1360. The molecule has 3 aromatic rings. The first-order valence-electron chi connectivity index (χ1n) is 12.7. The molecule has 1 aromatic heterocycles. The first kappa shape index (κ1) is 24.9. The first-order valence-corrected chi connectivity index (χ1v) is 12.7. The Morgan fingerprint density at radius 2 is 2.03 bits per heavy atom. The molecular formula is C29H32FN5O2. The fraction of sp³-hybridized carbons (Fsp3) is 0.345. The first-order chi connectivity index (χ1) is 17.9. The molecule has 5 rings (SSSR count). The molecule has 1 fully saturated rings. The maximum atomic E-state index is 15.2. The van der Waals surface area contributed by atoms with Crippen molar-refractivity contribution in [1.29, 1.82) is 5.41 Å². The Labute approximate surface area is 216 Å². The van der Waals surface area contributed by atoms with Gasteiger partial charge in [0, 0.05) is 67.0 Å². The molecule has 3 heterocycles. The Hall–Kier alpha value is -3.78. The predicted molar refractivity (Wildman–Crippen MR) is 143 cm³/mol.